The lowest BCUT2D eigenvalue weighted by atomic mass is 10.1. The number of ether oxygens (including phenoxy) is 2. The summed E-state index contributed by atoms with van der Waals surface area (Å²) in [6, 6.07) is 13.5. The highest BCUT2D eigenvalue weighted by molar-refractivity contribution is 6.03. The number of benzene rings is 2. The summed E-state index contributed by atoms with van der Waals surface area (Å²) >= 11 is 0. The first-order valence-corrected chi connectivity index (χ1v) is 7.44. The third-order valence-electron chi connectivity index (χ3n) is 3.65. The van der Waals surface area contributed by atoms with Crippen LogP contribution in [-0.2, 0) is 11.3 Å². The van der Waals surface area contributed by atoms with Crippen molar-refractivity contribution in [2.45, 2.75) is 13.5 Å². The quantitative estimate of drug-likeness (QED) is 0.679. The molecule has 0 amide bonds. The van der Waals surface area contributed by atoms with Crippen molar-refractivity contribution in [1.82, 2.24) is 4.98 Å². The van der Waals surface area contributed by atoms with Crippen molar-refractivity contribution in [2.24, 2.45) is 0 Å². The zero-order valence-corrected chi connectivity index (χ0v) is 13.4. The van der Waals surface area contributed by atoms with Crippen molar-refractivity contribution in [3.8, 4) is 5.75 Å². The van der Waals surface area contributed by atoms with Crippen molar-refractivity contribution < 1.29 is 18.7 Å². The normalized spacial score (nSPS) is 10.6. The molecule has 0 radical (unpaired) electrons. The van der Waals surface area contributed by atoms with E-state index in [4.69, 9.17) is 9.47 Å². The smallest absolute Gasteiger partial charge is 0.339 e. The third-order valence-corrected chi connectivity index (χ3v) is 3.65. The van der Waals surface area contributed by atoms with Gasteiger partial charge in [0.05, 0.1) is 18.2 Å². The van der Waals surface area contributed by atoms with Crippen LogP contribution in [0.25, 0.3) is 10.9 Å². The maximum absolute atomic E-state index is 13.7. The number of pyridine rings is 1. The molecule has 0 aliphatic carbocycles. The molecule has 2 aromatic carbocycles. The van der Waals surface area contributed by atoms with E-state index in [1.807, 2.05) is 31.2 Å². The topological polar surface area (TPSA) is 48.4 Å². The van der Waals surface area contributed by atoms with E-state index in [2.05, 4.69) is 4.98 Å². The number of aromatic nitrogens is 1. The van der Waals surface area contributed by atoms with Gasteiger partial charge in [0, 0.05) is 11.1 Å². The molecule has 0 bridgehead atoms. The summed E-state index contributed by atoms with van der Waals surface area (Å²) in [6.07, 6.45) is 0. The van der Waals surface area contributed by atoms with Crippen LogP contribution in [-0.4, -0.2) is 18.1 Å². The highest BCUT2D eigenvalue weighted by Gasteiger charge is 2.14. The average molecular weight is 325 g/mol. The van der Waals surface area contributed by atoms with E-state index >= 15 is 0 Å². The standard InChI is InChI=1S/C19H16FNO3/c1-12-9-15(14-5-3-4-6-17(14)21-12)19(22)24-11-13-7-8-18(23-2)16(20)10-13/h3-10H,11H2,1-2H3. The molecule has 4 nitrogen and oxygen atoms in total. The number of para-hydroxylation sites is 1. The number of hydrogen-bond acceptors (Lipinski definition) is 4. The Morgan fingerprint density at radius 1 is 1.17 bits per heavy atom. The molecule has 3 aromatic rings. The van der Waals surface area contributed by atoms with Crippen LogP contribution in [0.4, 0.5) is 4.39 Å². The minimum atomic E-state index is -0.490. The summed E-state index contributed by atoms with van der Waals surface area (Å²) in [5.41, 5.74) is 2.47. The van der Waals surface area contributed by atoms with Crippen LogP contribution in [0.5, 0.6) is 5.75 Å². The zero-order chi connectivity index (χ0) is 17.1. The summed E-state index contributed by atoms with van der Waals surface area (Å²) in [5, 5.41) is 0.731. The Kier molecular flexibility index (Phi) is 4.42. The van der Waals surface area contributed by atoms with E-state index in [9.17, 15) is 9.18 Å². The van der Waals surface area contributed by atoms with Crippen molar-refractivity contribution in [1.29, 1.82) is 0 Å². The molecular formula is C19H16FNO3. The number of nitrogens with zero attached hydrogens (tertiary/aromatic N) is 1. The van der Waals surface area contributed by atoms with Gasteiger partial charge in [-0.3, -0.25) is 4.98 Å². The first-order valence-electron chi connectivity index (χ1n) is 7.44. The molecule has 0 aliphatic heterocycles. The maximum atomic E-state index is 13.7. The molecule has 0 saturated carbocycles. The number of carbonyl (C=O) groups excluding carboxylic acids is 1. The number of esters is 1. The zero-order valence-electron chi connectivity index (χ0n) is 13.4. The molecule has 0 aliphatic rings. The molecule has 5 heteroatoms. The number of aryl methyl sites for hydroxylation is 1. The first kappa shape index (κ1) is 15.9. The number of methoxy groups -OCH3 is 1. The lowest BCUT2D eigenvalue weighted by Gasteiger charge is -2.09. The minimum absolute atomic E-state index is 0.0184. The molecule has 0 atom stereocenters. The number of halogens is 1. The van der Waals surface area contributed by atoms with Crippen LogP contribution in [0.1, 0.15) is 21.6 Å². The molecular weight excluding hydrogens is 309 g/mol. The third kappa shape index (κ3) is 3.20. The highest BCUT2D eigenvalue weighted by Crippen LogP contribution is 2.21. The molecule has 0 spiro atoms. The molecule has 24 heavy (non-hydrogen) atoms. The van der Waals surface area contributed by atoms with Gasteiger partial charge in [0.1, 0.15) is 6.61 Å². The van der Waals surface area contributed by atoms with Gasteiger partial charge in [-0.2, -0.15) is 0 Å². The monoisotopic (exact) mass is 325 g/mol. The predicted octanol–water partition coefficient (Wildman–Crippen LogP) is 4.05. The number of carbonyl (C=O) groups is 1. The van der Waals surface area contributed by atoms with Gasteiger partial charge >= 0.3 is 5.97 Å². The van der Waals surface area contributed by atoms with E-state index in [1.165, 1.54) is 19.2 Å². The molecule has 0 fully saturated rings. The second-order valence-electron chi connectivity index (χ2n) is 5.37. The Morgan fingerprint density at radius 2 is 1.96 bits per heavy atom. The fourth-order valence-electron chi connectivity index (χ4n) is 2.50. The van der Waals surface area contributed by atoms with Crippen LogP contribution < -0.4 is 4.74 Å². The van der Waals surface area contributed by atoms with Gasteiger partial charge in [-0.1, -0.05) is 24.3 Å². The molecule has 0 saturated heterocycles. The van der Waals surface area contributed by atoms with Crippen LogP contribution in [0.2, 0.25) is 0 Å². The minimum Gasteiger partial charge on any atom is -0.494 e. The van der Waals surface area contributed by atoms with Crippen LogP contribution in [0.15, 0.2) is 48.5 Å². The maximum Gasteiger partial charge on any atom is 0.339 e. The van der Waals surface area contributed by atoms with E-state index in [0.717, 1.165) is 16.6 Å². The molecule has 1 aromatic heterocycles. The van der Waals surface area contributed by atoms with Gasteiger partial charge < -0.3 is 9.47 Å². The Hall–Kier alpha value is -2.95. The second-order valence-corrected chi connectivity index (χ2v) is 5.37. The molecule has 3 rings (SSSR count). The Balaban J connectivity index is 1.82. The molecule has 0 N–H and O–H groups in total. The summed E-state index contributed by atoms with van der Waals surface area (Å²) in [5.74, 6) is -0.801. The van der Waals surface area contributed by atoms with Gasteiger partial charge in [-0.25, -0.2) is 9.18 Å². The van der Waals surface area contributed by atoms with E-state index < -0.39 is 11.8 Å². The fourth-order valence-corrected chi connectivity index (χ4v) is 2.50. The lowest BCUT2D eigenvalue weighted by Crippen LogP contribution is -2.07. The van der Waals surface area contributed by atoms with Crippen LogP contribution in [0, 0.1) is 12.7 Å². The largest absolute Gasteiger partial charge is 0.494 e. The summed E-state index contributed by atoms with van der Waals surface area (Å²) < 4.78 is 23.9. The van der Waals surface area contributed by atoms with E-state index in [-0.39, 0.29) is 12.4 Å². The van der Waals surface area contributed by atoms with Crippen LogP contribution in [0.3, 0.4) is 0 Å². The Morgan fingerprint density at radius 3 is 2.71 bits per heavy atom. The van der Waals surface area contributed by atoms with Crippen molar-refractivity contribution in [3.63, 3.8) is 0 Å². The van der Waals surface area contributed by atoms with Crippen LogP contribution >= 0.6 is 0 Å². The van der Waals surface area contributed by atoms with Crippen molar-refractivity contribution in [2.75, 3.05) is 7.11 Å². The predicted molar refractivity (Wildman–Crippen MR) is 88.6 cm³/mol. The number of hydrogen-bond donors (Lipinski definition) is 0. The summed E-state index contributed by atoms with van der Waals surface area (Å²) in [6.45, 7) is 1.80. The van der Waals surface area contributed by atoms with Crippen molar-refractivity contribution >= 4 is 16.9 Å². The first-order chi connectivity index (χ1) is 11.6. The number of fused-ring (bicyclic) bond motifs is 1. The average Bonchev–Trinajstić information content (AvgIpc) is 2.59. The molecule has 122 valence electrons. The van der Waals surface area contributed by atoms with Gasteiger partial charge in [-0.05, 0) is 36.8 Å². The highest BCUT2D eigenvalue weighted by atomic mass is 19.1. The SMILES string of the molecule is COc1ccc(COC(=O)c2cc(C)nc3ccccc23)cc1F. The van der Waals surface area contributed by atoms with E-state index in [0.29, 0.717) is 11.1 Å². The summed E-state index contributed by atoms with van der Waals surface area (Å²) in [4.78, 5) is 16.8. The Bertz CT molecular complexity index is 908. The molecule has 1 heterocycles. The summed E-state index contributed by atoms with van der Waals surface area (Å²) in [7, 11) is 1.40. The Labute approximate surface area is 138 Å². The van der Waals surface area contributed by atoms with Crippen molar-refractivity contribution in [3.05, 3.63) is 71.2 Å². The van der Waals surface area contributed by atoms with Gasteiger partial charge in [0.15, 0.2) is 11.6 Å². The van der Waals surface area contributed by atoms with E-state index in [1.54, 1.807) is 12.1 Å². The lowest BCUT2D eigenvalue weighted by molar-refractivity contribution is 0.0474. The van der Waals surface area contributed by atoms with Gasteiger partial charge in [-0.15, -0.1) is 0 Å². The second kappa shape index (κ2) is 6.66. The van der Waals surface area contributed by atoms with Gasteiger partial charge in [0.2, 0.25) is 0 Å². The molecule has 0 unspecified atom stereocenters. The number of rotatable bonds is 4. The fraction of sp³-hybridized carbons (Fsp3) is 0.158. The van der Waals surface area contributed by atoms with Gasteiger partial charge in [0.25, 0.3) is 0 Å².